The lowest BCUT2D eigenvalue weighted by Crippen LogP contribution is -2.51. The summed E-state index contributed by atoms with van der Waals surface area (Å²) >= 11 is 5.99. The fourth-order valence-electron chi connectivity index (χ4n) is 5.11. The van der Waals surface area contributed by atoms with Gasteiger partial charge >= 0.3 is 12.3 Å². The van der Waals surface area contributed by atoms with Crippen LogP contribution in [0.1, 0.15) is 53.4 Å². The molecule has 1 saturated carbocycles. The molecule has 1 heterocycles. The van der Waals surface area contributed by atoms with Crippen LogP contribution in [-0.2, 0) is 16.1 Å². The van der Waals surface area contributed by atoms with E-state index in [-0.39, 0.29) is 18.9 Å². The molecule has 0 aliphatic heterocycles. The summed E-state index contributed by atoms with van der Waals surface area (Å²) in [6.07, 6.45) is -2.92. The van der Waals surface area contributed by atoms with Crippen LogP contribution >= 0.6 is 11.6 Å². The van der Waals surface area contributed by atoms with Crippen LogP contribution in [0, 0.1) is 6.92 Å². The number of benzene rings is 3. The average Bonchev–Trinajstić information content (AvgIpc) is 3.16. The van der Waals surface area contributed by atoms with E-state index in [2.05, 4.69) is 4.74 Å². The molecule has 0 spiro atoms. The molecule has 1 fully saturated rings. The third-order valence-electron chi connectivity index (χ3n) is 7.22. The molecule has 0 atom stereocenters. The number of aromatic nitrogens is 1. The molecule has 0 bridgehead atoms. The number of rotatable bonds is 9. The first-order valence-electron chi connectivity index (χ1n) is 13.1. The van der Waals surface area contributed by atoms with E-state index >= 15 is 0 Å². The Hall–Kier alpha value is -3.98. The van der Waals surface area contributed by atoms with Gasteiger partial charge in [-0.25, -0.2) is 4.79 Å². The molecular formula is C31H27ClF3NO5. The third-order valence-corrected chi connectivity index (χ3v) is 7.48. The molecule has 214 valence electrons. The topological polar surface area (TPSA) is 66.8 Å². The standard InChI is InChI=1S/C31H27ClF3NO5/c1-3-39-29(38)30(14-5-15-30)40-23-7-4-6-20(16-23)18-36-19(2)27(28(37)21-8-10-22(32)11-9-21)25-13-12-24(17-26(25)36)41-31(33,34)35/h4,6-13,16-17H,3,5,14-15,18H2,1-2H3. The Morgan fingerprint density at radius 2 is 1.73 bits per heavy atom. The summed E-state index contributed by atoms with van der Waals surface area (Å²) in [6.45, 7) is 3.96. The number of ether oxygens (including phenoxy) is 3. The SMILES string of the molecule is CCOC(=O)C1(Oc2cccc(Cn3c(C)c(C(=O)c4ccc(Cl)cc4)c4ccc(OC(F)(F)F)cc43)c2)CCC1. The molecule has 10 heteroatoms. The Bertz CT molecular complexity index is 1610. The monoisotopic (exact) mass is 585 g/mol. The quantitative estimate of drug-likeness (QED) is 0.149. The second-order valence-corrected chi connectivity index (χ2v) is 10.4. The zero-order valence-corrected chi connectivity index (χ0v) is 23.1. The Balaban J connectivity index is 1.54. The second kappa shape index (κ2) is 11.1. The molecule has 6 nitrogen and oxygen atoms in total. The van der Waals surface area contributed by atoms with Gasteiger partial charge in [-0.3, -0.25) is 4.79 Å². The summed E-state index contributed by atoms with van der Waals surface area (Å²) in [5, 5.41) is 0.962. The van der Waals surface area contributed by atoms with E-state index in [0.717, 1.165) is 12.0 Å². The van der Waals surface area contributed by atoms with Crippen LogP contribution in [-0.4, -0.2) is 34.9 Å². The summed E-state index contributed by atoms with van der Waals surface area (Å²) in [5.74, 6) is -0.604. The Kier molecular flexibility index (Phi) is 7.74. The second-order valence-electron chi connectivity index (χ2n) is 9.93. The average molecular weight is 586 g/mol. The van der Waals surface area contributed by atoms with Gasteiger partial charge in [0.2, 0.25) is 5.60 Å². The van der Waals surface area contributed by atoms with Crippen LogP contribution in [0.4, 0.5) is 13.2 Å². The predicted molar refractivity (Wildman–Crippen MR) is 148 cm³/mol. The molecule has 41 heavy (non-hydrogen) atoms. The fraction of sp³-hybridized carbons (Fsp3) is 0.290. The van der Waals surface area contributed by atoms with E-state index in [9.17, 15) is 22.8 Å². The minimum Gasteiger partial charge on any atom is -0.476 e. The lowest BCUT2D eigenvalue weighted by atomic mass is 9.80. The summed E-state index contributed by atoms with van der Waals surface area (Å²) < 4.78 is 56.4. The molecule has 0 N–H and O–H groups in total. The molecule has 5 rings (SSSR count). The first kappa shape index (κ1) is 28.5. The number of hydrogen-bond donors (Lipinski definition) is 0. The minimum atomic E-state index is -4.87. The van der Waals surface area contributed by atoms with Crippen molar-refractivity contribution in [3.63, 3.8) is 0 Å². The van der Waals surface area contributed by atoms with Crippen LogP contribution < -0.4 is 9.47 Å². The maximum absolute atomic E-state index is 13.6. The van der Waals surface area contributed by atoms with Gasteiger partial charge in [0.25, 0.3) is 0 Å². The lowest BCUT2D eigenvalue weighted by Gasteiger charge is -2.39. The van der Waals surface area contributed by atoms with E-state index < -0.39 is 23.7 Å². The van der Waals surface area contributed by atoms with E-state index in [1.165, 1.54) is 18.2 Å². The number of esters is 1. The highest BCUT2D eigenvalue weighted by atomic mass is 35.5. The van der Waals surface area contributed by atoms with Gasteiger partial charge in [0.15, 0.2) is 5.78 Å². The number of alkyl halides is 3. The van der Waals surface area contributed by atoms with Crippen LogP contribution in [0.25, 0.3) is 10.9 Å². The smallest absolute Gasteiger partial charge is 0.476 e. The molecule has 0 saturated heterocycles. The van der Waals surface area contributed by atoms with Gasteiger partial charge in [-0.15, -0.1) is 13.2 Å². The lowest BCUT2D eigenvalue weighted by molar-refractivity contribution is -0.274. The number of carbonyl (C=O) groups excluding carboxylic acids is 2. The Morgan fingerprint density at radius 1 is 1.00 bits per heavy atom. The first-order chi connectivity index (χ1) is 19.5. The molecule has 1 aromatic heterocycles. The molecule has 1 aliphatic rings. The number of hydrogen-bond acceptors (Lipinski definition) is 5. The molecule has 0 amide bonds. The fourth-order valence-corrected chi connectivity index (χ4v) is 5.24. The molecule has 3 aromatic carbocycles. The highest BCUT2D eigenvalue weighted by molar-refractivity contribution is 6.30. The van der Waals surface area contributed by atoms with Crippen molar-refractivity contribution in [2.24, 2.45) is 0 Å². The van der Waals surface area contributed by atoms with Crippen molar-refractivity contribution in [3.05, 3.63) is 94.1 Å². The third kappa shape index (κ3) is 5.91. The van der Waals surface area contributed by atoms with Gasteiger partial charge in [-0.2, -0.15) is 0 Å². The zero-order chi connectivity index (χ0) is 29.4. The van der Waals surface area contributed by atoms with Gasteiger partial charge in [0.1, 0.15) is 11.5 Å². The molecule has 0 radical (unpaired) electrons. The number of fused-ring (bicyclic) bond motifs is 1. The van der Waals surface area contributed by atoms with Crippen LogP contribution in [0.5, 0.6) is 11.5 Å². The molecule has 0 unspecified atom stereocenters. The summed E-state index contributed by atoms with van der Waals surface area (Å²) in [7, 11) is 0. The van der Waals surface area contributed by atoms with Crippen LogP contribution in [0.15, 0.2) is 66.7 Å². The minimum absolute atomic E-state index is 0.218. The largest absolute Gasteiger partial charge is 0.573 e. The Morgan fingerprint density at radius 3 is 2.37 bits per heavy atom. The van der Waals surface area contributed by atoms with Crippen molar-refractivity contribution >= 4 is 34.3 Å². The van der Waals surface area contributed by atoms with Gasteiger partial charge in [0, 0.05) is 34.3 Å². The van der Waals surface area contributed by atoms with E-state index in [1.807, 2.05) is 6.07 Å². The highest BCUT2D eigenvalue weighted by Gasteiger charge is 2.48. The van der Waals surface area contributed by atoms with Gasteiger partial charge in [-0.05, 0) is 87.2 Å². The maximum Gasteiger partial charge on any atom is 0.573 e. The van der Waals surface area contributed by atoms with E-state index in [1.54, 1.807) is 60.9 Å². The van der Waals surface area contributed by atoms with E-state index in [4.69, 9.17) is 21.1 Å². The van der Waals surface area contributed by atoms with Crippen LogP contribution in [0.2, 0.25) is 5.02 Å². The Labute approximate surface area is 239 Å². The molecule has 4 aromatic rings. The number of nitrogens with zero attached hydrogens (tertiary/aromatic N) is 1. The van der Waals surface area contributed by atoms with Gasteiger partial charge in [0.05, 0.1) is 17.7 Å². The summed E-state index contributed by atoms with van der Waals surface area (Å²) in [4.78, 5) is 26.2. The number of halogens is 4. The number of ketones is 1. The van der Waals surface area contributed by atoms with Crippen molar-refractivity contribution in [2.45, 2.75) is 51.6 Å². The van der Waals surface area contributed by atoms with Gasteiger partial charge in [-0.1, -0.05) is 23.7 Å². The first-order valence-corrected chi connectivity index (χ1v) is 13.5. The molecular weight excluding hydrogens is 559 g/mol. The van der Waals surface area contributed by atoms with Crippen molar-refractivity contribution in [1.82, 2.24) is 4.57 Å². The van der Waals surface area contributed by atoms with Crippen molar-refractivity contribution in [2.75, 3.05) is 6.61 Å². The number of carbonyl (C=O) groups is 2. The van der Waals surface area contributed by atoms with Crippen molar-refractivity contribution in [1.29, 1.82) is 0 Å². The van der Waals surface area contributed by atoms with Crippen molar-refractivity contribution < 1.29 is 37.0 Å². The molecule has 1 aliphatic carbocycles. The maximum atomic E-state index is 13.6. The van der Waals surface area contributed by atoms with Crippen molar-refractivity contribution in [3.8, 4) is 11.5 Å². The van der Waals surface area contributed by atoms with Crippen LogP contribution in [0.3, 0.4) is 0 Å². The summed E-state index contributed by atoms with van der Waals surface area (Å²) in [5.41, 5.74) is 1.46. The summed E-state index contributed by atoms with van der Waals surface area (Å²) in [6, 6.07) is 17.5. The van der Waals surface area contributed by atoms with E-state index in [0.29, 0.717) is 51.3 Å². The normalized spacial score (nSPS) is 14.4. The zero-order valence-electron chi connectivity index (χ0n) is 22.4. The predicted octanol–water partition coefficient (Wildman–Crippen LogP) is 7.65. The highest BCUT2D eigenvalue weighted by Crippen LogP contribution is 2.39. The van der Waals surface area contributed by atoms with Gasteiger partial charge < -0.3 is 18.8 Å².